The molecular weight excluding hydrogens is 162 g/mol. The van der Waals surface area contributed by atoms with Gasteiger partial charge in [-0.1, -0.05) is 20.3 Å². The summed E-state index contributed by atoms with van der Waals surface area (Å²) in [5.74, 6) is 1.98. The van der Waals surface area contributed by atoms with Gasteiger partial charge in [0.2, 0.25) is 0 Å². The van der Waals surface area contributed by atoms with Gasteiger partial charge in [-0.2, -0.15) is 0 Å². The minimum absolute atomic E-state index is 0.862. The third-order valence-corrected chi connectivity index (χ3v) is 2.28. The second-order valence-corrected chi connectivity index (χ2v) is 3.21. The average Bonchev–Trinajstić information content (AvgIpc) is 2.44. The molecule has 13 heavy (non-hydrogen) atoms. The Balaban J connectivity index is 3.03. The Morgan fingerprint density at radius 2 is 2.00 bits per heavy atom. The standard InChI is InChI=1S/C10H19N3/c1-4-7-8-10(11)13(6-3)9(5-2)12-8/h4-7,11H2,1-3H3. The van der Waals surface area contributed by atoms with Crippen molar-refractivity contribution in [3.8, 4) is 0 Å². The van der Waals surface area contributed by atoms with E-state index < -0.39 is 0 Å². The molecule has 0 aliphatic rings. The van der Waals surface area contributed by atoms with Crippen molar-refractivity contribution in [2.24, 2.45) is 0 Å². The van der Waals surface area contributed by atoms with E-state index in [0.717, 1.165) is 43.1 Å². The molecule has 0 bridgehead atoms. The lowest BCUT2D eigenvalue weighted by atomic mass is 10.2. The van der Waals surface area contributed by atoms with Gasteiger partial charge in [0.25, 0.3) is 0 Å². The van der Waals surface area contributed by atoms with Crippen LogP contribution in [0.2, 0.25) is 0 Å². The van der Waals surface area contributed by atoms with Crippen molar-refractivity contribution in [1.82, 2.24) is 9.55 Å². The van der Waals surface area contributed by atoms with E-state index in [1.807, 2.05) is 0 Å². The molecule has 74 valence electrons. The molecule has 0 saturated carbocycles. The fourth-order valence-corrected chi connectivity index (χ4v) is 1.61. The molecule has 0 atom stereocenters. The number of nitrogens with zero attached hydrogens (tertiary/aromatic N) is 2. The lowest BCUT2D eigenvalue weighted by molar-refractivity contribution is 0.713. The van der Waals surface area contributed by atoms with Gasteiger partial charge in [0, 0.05) is 13.0 Å². The van der Waals surface area contributed by atoms with Gasteiger partial charge >= 0.3 is 0 Å². The number of aromatic nitrogens is 2. The van der Waals surface area contributed by atoms with Crippen molar-refractivity contribution in [3.63, 3.8) is 0 Å². The van der Waals surface area contributed by atoms with E-state index in [9.17, 15) is 0 Å². The minimum Gasteiger partial charge on any atom is -0.384 e. The van der Waals surface area contributed by atoms with Crippen molar-refractivity contribution in [3.05, 3.63) is 11.5 Å². The number of anilines is 1. The molecule has 1 aromatic heterocycles. The van der Waals surface area contributed by atoms with Crippen molar-refractivity contribution in [2.45, 2.75) is 46.6 Å². The average molecular weight is 181 g/mol. The Hall–Kier alpha value is -0.990. The highest BCUT2D eigenvalue weighted by molar-refractivity contribution is 5.38. The zero-order valence-electron chi connectivity index (χ0n) is 8.80. The molecule has 0 aromatic carbocycles. The topological polar surface area (TPSA) is 43.8 Å². The summed E-state index contributed by atoms with van der Waals surface area (Å²) < 4.78 is 2.10. The van der Waals surface area contributed by atoms with Crippen LogP contribution in [-0.2, 0) is 19.4 Å². The molecule has 0 spiro atoms. The van der Waals surface area contributed by atoms with Crippen LogP contribution in [0.3, 0.4) is 0 Å². The van der Waals surface area contributed by atoms with Crippen LogP contribution in [0.15, 0.2) is 0 Å². The van der Waals surface area contributed by atoms with Gasteiger partial charge in [-0.25, -0.2) is 4.98 Å². The summed E-state index contributed by atoms with van der Waals surface area (Å²) in [5, 5.41) is 0. The first-order chi connectivity index (χ1) is 6.24. The lowest BCUT2D eigenvalue weighted by Gasteiger charge is -2.03. The SMILES string of the molecule is CCCc1nc(CC)n(CC)c1N. The Bertz CT molecular complexity index is 276. The number of nitrogens with two attached hydrogens (primary N) is 1. The van der Waals surface area contributed by atoms with Crippen LogP contribution in [-0.4, -0.2) is 9.55 Å². The summed E-state index contributed by atoms with van der Waals surface area (Å²) in [6, 6.07) is 0. The van der Waals surface area contributed by atoms with Gasteiger partial charge < -0.3 is 10.3 Å². The first-order valence-corrected chi connectivity index (χ1v) is 5.08. The Kier molecular flexibility index (Phi) is 3.34. The van der Waals surface area contributed by atoms with Crippen LogP contribution in [0.5, 0.6) is 0 Å². The highest BCUT2D eigenvalue weighted by Crippen LogP contribution is 2.16. The van der Waals surface area contributed by atoms with E-state index in [0.29, 0.717) is 0 Å². The van der Waals surface area contributed by atoms with E-state index in [4.69, 9.17) is 5.73 Å². The molecule has 0 saturated heterocycles. The van der Waals surface area contributed by atoms with Crippen LogP contribution in [0, 0.1) is 0 Å². The predicted molar refractivity (Wildman–Crippen MR) is 55.7 cm³/mol. The van der Waals surface area contributed by atoms with E-state index in [-0.39, 0.29) is 0 Å². The van der Waals surface area contributed by atoms with Gasteiger partial charge in [-0.3, -0.25) is 0 Å². The molecule has 0 amide bonds. The molecule has 3 heteroatoms. The van der Waals surface area contributed by atoms with Gasteiger partial charge in [0.05, 0.1) is 5.69 Å². The third-order valence-electron chi connectivity index (χ3n) is 2.28. The van der Waals surface area contributed by atoms with Gasteiger partial charge in [-0.15, -0.1) is 0 Å². The second kappa shape index (κ2) is 4.30. The maximum absolute atomic E-state index is 5.98. The highest BCUT2D eigenvalue weighted by Gasteiger charge is 2.10. The first-order valence-electron chi connectivity index (χ1n) is 5.08. The van der Waals surface area contributed by atoms with Crippen LogP contribution in [0.25, 0.3) is 0 Å². The maximum atomic E-state index is 5.98. The molecule has 1 aromatic rings. The molecule has 3 nitrogen and oxygen atoms in total. The smallest absolute Gasteiger partial charge is 0.126 e. The Morgan fingerprint density at radius 3 is 2.38 bits per heavy atom. The van der Waals surface area contributed by atoms with E-state index in [1.165, 1.54) is 0 Å². The number of hydrogen-bond donors (Lipinski definition) is 1. The molecule has 0 aliphatic heterocycles. The number of imidazole rings is 1. The number of hydrogen-bond acceptors (Lipinski definition) is 2. The number of nitrogen functional groups attached to an aromatic ring is 1. The number of rotatable bonds is 4. The number of aryl methyl sites for hydroxylation is 2. The molecule has 0 unspecified atom stereocenters. The van der Waals surface area contributed by atoms with Crippen molar-refractivity contribution in [1.29, 1.82) is 0 Å². The Labute approximate surface area is 80.0 Å². The molecule has 2 N–H and O–H groups in total. The summed E-state index contributed by atoms with van der Waals surface area (Å²) in [6.07, 6.45) is 3.06. The van der Waals surface area contributed by atoms with Crippen LogP contribution in [0.4, 0.5) is 5.82 Å². The zero-order valence-corrected chi connectivity index (χ0v) is 8.80. The predicted octanol–water partition coefficient (Wildman–Crippen LogP) is 2.00. The Morgan fingerprint density at radius 1 is 1.31 bits per heavy atom. The molecule has 0 fully saturated rings. The van der Waals surface area contributed by atoms with Gasteiger partial charge in [-0.05, 0) is 13.3 Å². The highest BCUT2D eigenvalue weighted by atomic mass is 15.1. The third kappa shape index (κ3) is 1.85. The van der Waals surface area contributed by atoms with Crippen LogP contribution < -0.4 is 5.73 Å². The normalized spacial score (nSPS) is 10.7. The van der Waals surface area contributed by atoms with Gasteiger partial charge in [0.15, 0.2) is 0 Å². The minimum atomic E-state index is 0.862. The fourth-order valence-electron chi connectivity index (χ4n) is 1.61. The maximum Gasteiger partial charge on any atom is 0.126 e. The van der Waals surface area contributed by atoms with E-state index in [1.54, 1.807) is 0 Å². The lowest BCUT2D eigenvalue weighted by Crippen LogP contribution is -2.04. The molecule has 1 heterocycles. The first kappa shape index (κ1) is 10.1. The summed E-state index contributed by atoms with van der Waals surface area (Å²) in [4.78, 5) is 4.53. The summed E-state index contributed by atoms with van der Waals surface area (Å²) >= 11 is 0. The summed E-state index contributed by atoms with van der Waals surface area (Å²) in [7, 11) is 0. The van der Waals surface area contributed by atoms with E-state index in [2.05, 4.69) is 30.3 Å². The largest absolute Gasteiger partial charge is 0.384 e. The zero-order chi connectivity index (χ0) is 9.84. The van der Waals surface area contributed by atoms with Crippen molar-refractivity contribution in [2.75, 3.05) is 5.73 Å². The quantitative estimate of drug-likeness (QED) is 0.772. The van der Waals surface area contributed by atoms with E-state index >= 15 is 0 Å². The van der Waals surface area contributed by atoms with Crippen molar-refractivity contribution >= 4 is 5.82 Å². The monoisotopic (exact) mass is 181 g/mol. The molecule has 0 aliphatic carbocycles. The fraction of sp³-hybridized carbons (Fsp3) is 0.700. The van der Waals surface area contributed by atoms with Crippen LogP contribution >= 0.6 is 0 Å². The summed E-state index contributed by atoms with van der Waals surface area (Å²) in [5.41, 5.74) is 7.05. The molecule has 0 radical (unpaired) electrons. The summed E-state index contributed by atoms with van der Waals surface area (Å²) in [6.45, 7) is 7.29. The second-order valence-electron chi connectivity index (χ2n) is 3.21. The molecular formula is C10H19N3. The van der Waals surface area contributed by atoms with Crippen LogP contribution in [0.1, 0.15) is 38.7 Å². The molecule has 1 rings (SSSR count). The van der Waals surface area contributed by atoms with Gasteiger partial charge in [0.1, 0.15) is 11.6 Å². The van der Waals surface area contributed by atoms with Crippen molar-refractivity contribution < 1.29 is 0 Å².